The second kappa shape index (κ2) is 9.07. The van der Waals surface area contributed by atoms with Crippen molar-refractivity contribution in [3.05, 3.63) is 94.0 Å². The fourth-order valence-electron chi connectivity index (χ4n) is 4.88. The summed E-state index contributed by atoms with van der Waals surface area (Å²) in [5.41, 5.74) is 16.2. The van der Waals surface area contributed by atoms with Gasteiger partial charge in [-0.1, -0.05) is 60.2 Å². The third kappa shape index (κ3) is 4.72. The van der Waals surface area contributed by atoms with E-state index in [1.165, 1.54) is 44.5 Å². The fraction of sp³-hybridized carbons (Fsp3) is 0.321. The topological polar surface area (TPSA) is 55.1 Å². The van der Waals surface area contributed by atoms with Gasteiger partial charge in [0, 0.05) is 0 Å². The van der Waals surface area contributed by atoms with Crippen LogP contribution in [0.4, 0.5) is 0 Å². The van der Waals surface area contributed by atoms with Gasteiger partial charge in [0.2, 0.25) is 5.91 Å². The summed E-state index contributed by atoms with van der Waals surface area (Å²) in [6.45, 7) is 6.30. The lowest BCUT2D eigenvalue weighted by atomic mass is 9.85. The second-order valence-corrected chi connectivity index (χ2v) is 8.92. The van der Waals surface area contributed by atoms with E-state index in [2.05, 4.69) is 80.7 Å². The minimum atomic E-state index is -0.553. The summed E-state index contributed by atoms with van der Waals surface area (Å²) in [5.74, 6) is -0.0673. The number of nitrogens with one attached hydrogen (secondary N) is 1. The van der Waals surface area contributed by atoms with Crippen LogP contribution < -0.4 is 11.1 Å². The maximum atomic E-state index is 13.0. The van der Waals surface area contributed by atoms with Gasteiger partial charge in [-0.3, -0.25) is 4.79 Å². The van der Waals surface area contributed by atoms with Gasteiger partial charge in [-0.2, -0.15) is 0 Å². The fourth-order valence-corrected chi connectivity index (χ4v) is 4.88. The van der Waals surface area contributed by atoms with Gasteiger partial charge >= 0.3 is 0 Å². The molecule has 1 aliphatic carbocycles. The number of hydrogen-bond acceptors (Lipinski definition) is 2. The lowest BCUT2D eigenvalue weighted by molar-refractivity contribution is -0.123. The van der Waals surface area contributed by atoms with Crippen LogP contribution in [0.3, 0.4) is 0 Å². The molecule has 1 aliphatic rings. The van der Waals surface area contributed by atoms with Gasteiger partial charge in [-0.05, 0) is 91.5 Å². The van der Waals surface area contributed by atoms with E-state index in [0.717, 1.165) is 19.3 Å². The highest BCUT2D eigenvalue weighted by atomic mass is 16.2. The summed E-state index contributed by atoms with van der Waals surface area (Å²) in [6.07, 6.45) is 3.65. The van der Waals surface area contributed by atoms with Crippen molar-refractivity contribution in [2.75, 3.05) is 0 Å². The first-order chi connectivity index (χ1) is 14.9. The van der Waals surface area contributed by atoms with Gasteiger partial charge in [-0.15, -0.1) is 0 Å². The molecule has 2 atom stereocenters. The van der Waals surface area contributed by atoms with Crippen LogP contribution in [0, 0.1) is 20.8 Å². The van der Waals surface area contributed by atoms with Crippen LogP contribution in [-0.2, 0) is 17.6 Å². The lowest BCUT2D eigenvalue weighted by Crippen LogP contribution is -2.44. The summed E-state index contributed by atoms with van der Waals surface area (Å²) in [6, 6.07) is 20.8. The molecule has 3 aromatic carbocycles. The molecule has 1 amide bonds. The van der Waals surface area contributed by atoms with Crippen molar-refractivity contribution in [2.45, 2.75) is 58.5 Å². The van der Waals surface area contributed by atoms with Crippen molar-refractivity contribution >= 4 is 5.91 Å². The molecule has 0 radical (unpaired) electrons. The minimum absolute atomic E-state index is 0.0196. The van der Waals surface area contributed by atoms with Gasteiger partial charge in [-0.25, -0.2) is 0 Å². The molecule has 0 heterocycles. The zero-order valence-electron chi connectivity index (χ0n) is 18.7. The van der Waals surface area contributed by atoms with Crippen LogP contribution in [0.1, 0.15) is 52.3 Å². The Morgan fingerprint density at radius 3 is 2.42 bits per heavy atom. The SMILES string of the molecule is Cc1cc(C)c(CC(N)C(=O)NC2CCCc3ccc(-c4ccccc4)cc32)c(C)c1. The molecule has 3 aromatic rings. The third-order valence-electron chi connectivity index (χ3n) is 6.48. The first-order valence-corrected chi connectivity index (χ1v) is 11.2. The van der Waals surface area contributed by atoms with E-state index in [1.807, 2.05) is 6.07 Å². The normalized spacial score (nSPS) is 16.5. The third-order valence-corrected chi connectivity index (χ3v) is 6.48. The molecular formula is C28H32N2O. The van der Waals surface area contributed by atoms with Gasteiger partial charge in [0.25, 0.3) is 0 Å². The van der Waals surface area contributed by atoms with Crippen molar-refractivity contribution in [1.82, 2.24) is 5.32 Å². The molecule has 0 bridgehead atoms. The highest BCUT2D eigenvalue weighted by molar-refractivity contribution is 5.82. The smallest absolute Gasteiger partial charge is 0.237 e. The molecule has 0 saturated heterocycles. The van der Waals surface area contributed by atoms with Crippen LogP contribution >= 0.6 is 0 Å². The number of aryl methyl sites for hydroxylation is 4. The monoisotopic (exact) mass is 412 g/mol. The Labute approximate surface area is 185 Å². The summed E-state index contributed by atoms with van der Waals surface area (Å²) < 4.78 is 0. The maximum absolute atomic E-state index is 13.0. The van der Waals surface area contributed by atoms with Gasteiger partial charge < -0.3 is 11.1 Å². The molecule has 3 N–H and O–H groups in total. The summed E-state index contributed by atoms with van der Waals surface area (Å²) in [5, 5.41) is 3.26. The molecule has 0 aromatic heterocycles. The minimum Gasteiger partial charge on any atom is -0.348 e. The second-order valence-electron chi connectivity index (χ2n) is 8.92. The van der Waals surface area contributed by atoms with E-state index in [9.17, 15) is 4.79 Å². The molecule has 2 unspecified atom stereocenters. The Morgan fingerprint density at radius 2 is 1.71 bits per heavy atom. The average molecular weight is 413 g/mol. The average Bonchev–Trinajstić information content (AvgIpc) is 2.76. The number of carbonyl (C=O) groups is 1. The van der Waals surface area contributed by atoms with Crippen molar-refractivity contribution in [3.8, 4) is 11.1 Å². The molecule has 0 spiro atoms. The van der Waals surface area contributed by atoms with Crippen LogP contribution in [0.5, 0.6) is 0 Å². The van der Waals surface area contributed by atoms with Crippen LogP contribution in [0.15, 0.2) is 60.7 Å². The van der Waals surface area contributed by atoms with Crippen molar-refractivity contribution < 1.29 is 4.79 Å². The summed E-state index contributed by atoms with van der Waals surface area (Å²) in [4.78, 5) is 13.0. The number of nitrogens with two attached hydrogens (primary N) is 1. The zero-order chi connectivity index (χ0) is 22.0. The van der Waals surface area contributed by atoms with Crippen LogP contribution in [-0.4, -0.2) is 11.9 Å². The van der Waals surface area contributed by atoms with Crippen LogP contribution in [0.25, 0.3) is 11.1 Å². The first kappa shape index (κ1) is 21.3. The lowest BCUT2D eigenvalue weighted by Gasteiger charge is -2.28. The highest BCUT2D eigenvalue weighted by Crippen LogP contribution is 2.33. The molecule has 3 heteroatoms. The number of benzene rings is 3. The van der Waals surface area contributed by atoms with Crippen molar-refractivity contribution in [3.63, 3.8) is 0 Å². The molecule has 3 nitrogen and oxygen atoms in total. The zero-order valence-corrected chi connectivity index (χ0v) is 18.7. The van der Waals surface area contributed by atoms with Crippen molar-refractivity contribution in [2.24, 2.45) is 5.73 Å². The van der Waals surface area contributed by atoms with E-state index in [1.54, 1.807) is 0 Å². The Kier molecular flexibility index (Phi) is 6.24. The van der Waals surface area contributed by atoms with Gasteiger partial charge in [0.15, 0.2) is 0 Å². The van der Waals surface area contributed by atoms with E-state index in [4.69, 9.17) is 5.73 Å². The molecule has 0 fully saturated rings. The number of rotatable bonds is 5. The number of amides is 1. The van der Waals surface area contributed by atoms with E-state index in [0.29, 0.717) is 6.42 Å². The van der Waals surface area contributed by atoms with E-state index < -0.39 is 6.04 Å². The predicted molar refractivity (Wildman–Crippen MR) is 128 cm³/mol. The predicted octanol–water partition coefficient (Wildman–Crippen LogP) is 5.34. The summed E-state index contributed by atoms with van der Waals surface area (Å²) >= 11 is 0. The number of fused-ring (bicyclic) bond motifs is 1. The quantitative estimate of drug-likeness (QED) is 0.594. The molecular weight excluding hydrogens is 380 g/mol. The van der Waals surface area contributed by atoms with E-state index >= 15 is 0 Å². The van der Waals surface area contributed by atoms with Gasteiger partial charge in [0.05, 0.1) is 12.1 Å². The van der Waals surface area contributed by atoms with E-state index in [-0.39, 0.29) is 11.9 Å². The van der Waals surface area contributed by atoms with Gasteiger partial charge in [0.1, 0.15) is 0 Å². The Balaban J connectivity index is 1.52. The molecule has 0 aliphatic heterocycles. The molecule has 160 valence electrons. The van der Waals surface area contributed by atoms with Crippen molar-refractivity contribution in [1.29, 1.82) is 0 Å². The highest BCUT2D eigenvalue weighted by Gasteiger charge is 2.25. The number of carbonyl (C=O) groups excluding carboxylic acids is 1. The summed E-state index contributed by atoms with van der Waals surface area (Å²) in [7, 11) is 0. The standard InChI is InChI=1S/C28H32N2O/c1-18-14-19(2)24(20(3)15-18)17-26(29)28(31)30-27-11-7-10-22-12-13-23(16-25(22)27)21-8-5-4-6-9-21/h4-6,8-9,12-16,26-27H,7,10-11,17,29H2,1-3H3,(H,30,31). The largest absolute Gasteiger partial charge is 0.348 e. The number of hydrogen-bond donors (Lipinski definition) is 2. The maximum Gasteiger partial charge on any atom is 0.237 e. The van der Waals surface area contributed by atoms with Crippen LogP contribution in [0.2, 0.25) is 0 Å². The first-order valence-electron chi connectivity index (χ1n) is 11.2. The Morgan fingerprint density at radius 1 is 1.00 bits per heavy atom. The molecule has 0 saturated carbocycles. The Hall–Kier alpha value is -2.91. The Bertz CT molecular complexity index is 1060. The molecule has 4 rings (SSSR count). The molecule has 31 heavy (non-hydrogen) atoms.